The minimum absolute atomic E-state index is 0.154. The molecule has 0 fully saturated rings. The van der Waals surface area contributed by atoms with Gasteiger partial charge < -0.3 is 10.1 Å². The number of benzene rings is 2. The third kappa shape index (κ3) is 4.86. The Morgan fingerprint density at radius 2 is 1.48 bits per heavy atom. The van der Waals surface area contributed by atoms with E-state index in [9.17, 15) is 8.78 Å². The molecule has 0 amide bonds. The van der Waals surface area contributed by atoms with E-state index in [1.165, 1.54) is 12.1 Å². The van der Waals surface area contributed by atoms with E-state index in [0.717, 1.165) is 11.1 Å². The summed E-state index contributed by atoms with van der Waals surface area (Å²) >= 11 is 0. The molecule has 1 N–H and O–H groups in total. The molecular weight excluding hydrogens is 274 g/mol. The van der Waals surface area contributed by atoms with E-state index in [0.29, 0.717) is 18.7 Å². The van der Waals surface area contributed by atoms with Crippen LogP contribution in [0.25, 0.3) is 0 Å². The monoisotopic (exact) mass is 288 g/mol. The number of alkyl halides is 2. The molecule has 2 aromatic carbocycles. The Bertz CT molecular complexity index is 604. The van der Waals surface area contributed by atoms with Crippen molar-refractivity contribution in [2.45, 2.75) is 19.7 Å². The zero-order valence-corrected chi connectivity index (χ0v) is 11.2. The minimum Gasteiger partial charge on any atom is -0.435 e. The van der Waals surface area contributed by atoms with Gasteiger partial charge in [0.15, 0.2) is 0 Å². The van der Waals surface area contributed by atoms with Crippen molar-refractivity contribution in [2.24, 2.45) is 0 Å². The number of nitrogens with one attached hydrogen (secondary N) is 1. The van der Waals surface area contributed by atoms with E-state index < -0.39 is 6.61 Å². The molecule has 0 aliphatic carbocycles. The highest BCUT2D eigenvalue weighted by Crippen LogP contribution is 2.14. The molecule has 0 aliphatic rings. The van der Waals surface area contributed by atoms with Gasteiger partial charge in [0.25, 0.3) is 0 Å². The highest BCUT2D eigenvalue weighted by atomic mass is 19.3. The molecule has 0 bridgehead atoms. The van der Waals surface area contributed by atoms with Crippen molar-refractivity contribution in [1.29, 1.82) is 5.26 Å². The molecule has 0 spiro atoms. The van der Waals surface area contributed by atoms with Crippen LogP contribution in [0, 0.1) is 11.3 Å². The lowest BCUT2D eigenvalue weighted by Gasteiger charge is -2.07. The first-order valence-corrected chi connectivity index (χ1v) is 6.41. The van der Waals surface area contributed by atoms with Crippen molar-refractivity contribution in [2.75, 3.05) is 0 Å². The van der Waals surface area contributed by atoms with Crippen LogP contribution in [-0.4, -0.2) is 6.61 Å². The maximum absolute atomic E-state index is 12.0. The van der Waals surface area contributed by atoms with E-state index in [-0.39, 0.29) is 5.75 Å². The van der Waals surface area contributed by atoms with Crippen molar-refractivity contribution in [3.63, 3.8) is 0 Å². The van der Waals surface area contributed by atoms with Gasteiger partial charge in [0.1, 0.15) is 5.75 Å². The molecule has 3 nitrogen and oxygen atoms in total. The third-order valence-corrected chi connectivity index (χ3v) is 2.89. The lowest BCUT2D eigenvalue weighted by atomic mass is 10.1. The van der Waals surface area contributed by atoms with Crippen molar-refractivity contribution < 1.29 is 13.5 Å². The molecule has 5 heteroatoms. The highest BCUT2D eigenvalue weighted by Gasteiger charge is 2.03. The number of nitriles is 1. The summed E-state index contributed by atoms with van der Waals surface area (Å²) in [5, 5.41) is 12.0. The Morgan fingerprint density at radius 3 is 1.95 bits per heavy atom. The molecule has 0 unspecified atom stereocenters. The molecule has 0 heterocycles. The molecule has 0 atom stereocenters. The van der Waals surface area contributed by atoms with Crippen LogP contribution >= 0.6 is 0 Å². The summed E-state index contributed by atoms with van der Waals surface area (Å²) in [6.45, 7) is -1.51. The normalized spacial score (nSPS) is 10.4. The summed E-state index contributed by atoms with van der Waals surface area (Å²) in [7, 11) is 0. The first-order valence-electron chi connectivity index (χ1n) is 6.41. The Hall–Kier alpha value is -2.45. The predicted molar refractivity (Wildman–Crippen MR) is 74.8 cm³/mol. The molecule has 0 aliphatic heterocycles. The highest BCUT2D eigenvalue weighted by molar-refractivity contribution is 5.31. The van der Waals surface area contributed by atoms with Crippen LogP contribution in [0.2, 0.25) is 0 Å². The van der Waals surface area contributed by atoms with Crippen LogP contribution < -0.4 is 10.1 Å². The molecule has 0 saturated carbocycles. The summed E-state index contributed by atoms with van der Waals surface area (Å²) in [5.74, 6) is 0.154. The van der Waals surface area contributed by atoms with Crippen LogP contribution in [0.1, 0.15) is 16.7 Å². The summed E-state index contributed by atoms with van der Waals surface area (Å²) in [6, 6.07) is 15.9. The van der Waals surface area contributed by atoms with Gasteiger partial charge in [-0.15, -0.1) is 0 Å². The fourth-order valence-corrected chi connectivity index (χ4v) is 1.84. The zero-order chi connectivity index (χ0) is 15.1. The first-order chi connectivity index (χ1) is 10.2. The second kappa shape index (κ2) is 7.36. The molecule has 2 aromatic rings. The molecule has 21 heavy (non-hydrogen) atoms. The van der Waals surface area contributed by atoms with Crippen molar-refractivity contribution in [3.05, 3.63) is 65.2 Å². The van der Waals surface area contributed by atoms with E-state index in [1.807, 2.05) is 12.1 Å². The van der Waals surface area contributed by atoms with Crippen LogP contribution in [0.5, 0.6) is 5.75 Å². The average molecular weight is 288 g/mol. The summed E-state index contributed by atoms with van der Waals surface area (Å²) in [5.41, 5.74) is 2.69. The fourth-order valence-electron chi connectivity index (χ4n) is 1.84. The number of nitrogens with zero attached hydrogens (tertiary/aromatic N) is 1. The molecule has 0 radical (unpaired) electrons. The first kappa shape index (κ1) is 14.9. The molecular formula is C16H14F2N2O. The number of rotatable bonds is 6. The Kier molecular flexibility index (Phi) is 5.24. The molecule has 0 aromatic heterocycles. The second-order valence-corrected chi connectivity index (χ2v) is 4.43. The number of halogens is 2. The number of hydrogen-bond acceptors (Lipinski definition) is 3. The Morgan fingerprint density at radius 1 is 0.952 bits per heavy atom. The van der Waals surface area contributed by atoms with Crippen molar-refractivity contribution in [3.8, 4) is 11.8 Å². The standard InChI is InChI=1S/C16H14F2N2O/c17-16(18)21-15-7-5-14(6-8-15)11-20-10-13-3-1-12(9-19)2-4-13/h1-8,16,20H,10-11H2. The molecule has 108 valence electrons. The zero-order valence-electron chi connectivity index (χ0n) is 11.2. The SMILES string of the molecule is N#Cc1ccc(CNCc2ccc(OC(F)F)cc2)cc1. The van der Waals surface area contributed by atoms with Crippen LogP contribution in [0.3, 0.4) is 0 Å². The van der Waals surface area contributed by atoms with E-state index >= 15 is 0 Å². The maximum atomic E-state index is 12.0. The maximum Gasteiger partial charge on any atom is 0.387 e. The van der Waals surface area contributed by atoms with Crippen LogP contribution in [0.15, 0.2) is 48.5 Å². The van der Waals surface area contributed by atoms with E-state index in [2.05, 4.69) is 16.1 Å². The topological polar surface area (TPSA) is 45.0 Å². The van der Waals surface area contributed by atoms with Crippen LogP contribution in [0.4, 0.5) is 8.78 Å². The lowest BCUT2D eigenvalue weighted by molar-refractivity contribution is -0.0498. The quantitative estimate of drug-likeness (QED) is 0.885. The fraction of sp³-hybridized carbons (Fsp3) is 0.188. The van der Waals surface area contributed by atoms with Crippen LogP contribution in [-0.2, 0) is 13.1 Å². The van der Waals surface area contributed by atoms with Gasteiger partial charge in [-0.1, -0.05) is 24.3 Å². The summed E-state index contributed by atoms with van der Waals surface area (Å²) in [6.07, 6.45) is 0. The Balaban J connectivity index is 1.81. The second-order valence-electron chi connectivity index (χ2n) is 4.43. The predicted octanol–water partition coefficient (Wildman–Crippen LogP) is 3.45. The van der Waals surface area contributed by atoms with Gasteiger partial charge in [-0.3, -0.25) is 0 Å². The Labute approximate surface area is 121 Å². The van der Waals surface area contributed by atoms with Gasteiger partial charge in [0, 0.05) is 13.1 Å². The van der Waals surface area contributed by atoms with E-state index in [1.54, 1.807) is 24.3 Å². The minimum atomic E-state index is -2.80. The summed E-state index contributed by atoms with van der Waals surface area (Å²) < 4.78 is 28.3. The van der Waals surface area contributed by atoms with Gasteiger partial charge in [0.05, 0.1) is 11.6 Å². The average Bonchev–Trinajstić information content (AvgIpc) is 2.49. The summed E-state index contributed by atoms with van der Waals surface area (Å²) in [4.78, 5) is 0. The van der Waals surface area contributed by atoms with E-state index in [4.69, 9.17) is 5.26 Å². The smallest absolute Gasteiger partial charge is 0.387 e. The lowest BCUT2D eigenvalue weighted by Crippen LogP contribution is -2.12. The largest absolute Gasteiger partial charge is 0.435 e. The molecule has 0 saturated heterocycles. The third-order valence-electron chi connectivity index (χ3n) is 2.89. The van der Waals surface area contributed by atoms with Gasteiger partial charge >= 0.3 is 6.61 Å². The van der Waals surface area contributed by atoms with Crippen molar-refractivity contribution >= 4 is 0 Å². The number of ether oxygens (including phenoxy) is 1. The van der Waals surface area contributed by atoms with Gasteiger partial charge in [-0.2, -0.15) is 14.0 Å². The van der Waals surface area contributed by atoms with Gasteiger partial charge in [-0.25, -0.2) is 0 Å². The molecule has 2 rings (SSSR count). The van der Waals surface area contributed by atoms with Gasteiger partial charge in [-0.05, 0) is 35.4 Å². The van der Waals surface area contributed by atoms with Crippen molar-refractivity contribution in [1.82, 2.24) is 5.32 Å². The van der Waals surface area contributed by atoms with Gasteiger partial charge in [0.2, 0.25) is 0 Å². The number of hydrogen-bond donors (Lipinski definition) is 1.